The molecule has 0 spiro atoms. The molecule has 0 radical (unpaired) electrons. The zero-order valence-electron chi connectivity index (χ0n) is 17.6. The lowest BCUT2D eigenvalue weighted by Gasteiger charge is -2.36. The van der Waals surface area contributed by atoms with Gasteiger partial charge in [0, 0.05) is 38.0 Å². The van der Waals surface area contributed by atoms with Crippen molar-refractivity contribution in [2.24, 2.45) is 5.92 Å². The molecule has 156 valence electrons. The summed E-state index contributed by atoms with van der Waals surface area (Å²) in [6, 6.07) is 3.45. The Hall–Kier alpha value is -1.73. The maximum Gasteiger partial charge on any atom is 0.266 e. The van der Waals surface area contributed by atoms with Gasteiger partial charge in [-0.15, -0.1) is 0 Å². The van der Waals surface area contributed by atoms with Crippen LogP contribution in [0.15, 0.2) is 16.9 Å². The molecule has 7 nitrogen and oxygen atoms in total. The molecule has 0 aromatic carbocycles. The highest BCUT2D eigenvalue weighted by atomic mass is 16.3. The van der Waals surface area contributed by atoms with E-state index >= 15 is 0 Å². The van der Waals surface area contributed by atoms with E-state index in [-0.39, 0.29) is 16.9 Å². The Labute approximate surface area is 167 Å². The molecule has 28 heavy (non-hydrogen) atoms. The number of amides is 1. The number of β-amino-alcohol motifs (C(OH)–C–C–N with tert-alkyl or cyclic N) is 1. The molecular formula is C21H34N4O3. The maximum absolute atomic E-state index is 12.2. The lowest BCUT2D eigenvalue weighted by Crippen LogP contribution is -2.48. The molecular weight excluding hydrogens is 356 g/mol. The van der Waals surface area contributed by atoms with Crippen LogP contribution in [0.5, 0.6) is 0 Å². The van der Waals surface area contributed by atoms with E-state index in [4.69, 9.17) is 0 Å². The fourth-order valence-electron chi connectivity index (χ4n) is 4.22. The smallest absolute Gasteiger partial charge is 0.266 e. The highest BCUT2D eigenvalue weighted by Gasteiger charge is 2.39. The average molecular weight is 391 g/mol. The summed E-state index contributed by atoms with van der Waals surface area (Å²) in [6.07, 6.45) is 2.62. The highest BCUT2D eigenvalue weighted by Crippen LogP contribution is 2.26. The van der Waals surface area contributed by atoms with Gasteiger partial charge in [-0.2, -0.15) is 5.10 Å². The highest BCUT2D eigenvalue weighted by molar-refractivity contribution is 5.73. The average Bonchev–Trinajstić information content (AvgIpc) is 3.00. The number of hydrogen-bond acceptors (Lipinski definition) is 5. The van der Waals surface area contributed by atoms with Crippen LogP contribution in [0.1, 0.15) is 52.7 Å². The fraction of sp³-hybridized carbons (Fsp3) is 0.762. The number of rotatable bonds is 4. The van der Waals surface area contributed by atoms with Gasteiger partial charge in [0.1, 0.15) is 0 Å². The topological polar surface area (TPSA) is 78.7 Å². The number of carbonyl (C=O) groups excluding carboxylic acids is 1. The Balaban J connectivity index is 1.54. The van der Waals surface area contributed by atoms with Crippen molar-refractivity contribution in [1.82, 2.24) is 19.6 Å². The number of hydrogen-bond donors (Lipinski definition) is 1. The molecule has 0 aliphatic carbocycles. The first-order valence-corrected chi connectivity index (χ1v) is 10.3. The third kappa shape index (κ3) is 5.00. The Morgan fingerprint density at radius 1 is 1.25 bits per heavy atom. The summed E-state index contributed by atoms with van der Waals surface area (Å²) in [5.74, 6) is 0.452. The lowest BCUT2D eigenvalue weighted by molar-refractivity contribution is -0.129. The van der Waals surface area contributed by atoms with Crippen LogP contribution in [0, 0.1) is 5.92 Å². The second-order valence-corrected chi connectivity index (χ2v) is 9.62. The molecule has 2 fully saturated rings. The minimum absolute atomic E-state index is 0.0325. The molecule has 3 rings (SSSR count). The molecule has 1 aromatic rings. The lowest BCUT2D eigenvalue weighted by atomic mass is 9.92. The number of aromatic nitrogens is 2. The van der Waals surface area contributed by atoms with Crippen molar-refractivity contribution in [1.29, 1.82) is 0 Å². The van der Waals surface area contributed by atoms with E-state index in [9.17, 15) is 14.7 Å². The molecule has 7 heteroatoms. The van der Waals surface area contributed by atoms with Crippen molar-refractivity contribution >= 4 is 5.91 Å². The number of carbonyl (C=O) groups is 1. The fourth-order valence-corrected chi connectivity index (χ4v) is 4.22. The van der Waals surface area contributed by atoms with E-state index in [0.717, 1.165) is 31.6 Å². The normalized spacial score (nSPS) is 24.7. The Morgan fingerprint density at radius 2 is 1.93 bits per heavy atom. The van der Waals surface area contributed by atoms with Crippen LogP contribution in [0.4, 0.5) is 0 Å². The van der Waals surface area contributed by atoms with E-state index in [0.29, 0.717) is 38.5 Å². The zero-order valence-corrected chi connectivity index (χ0v) is 17.6. The first-order chi connectivity index (χ1) is 13.1. The Morgan fingerprint density at radius 3 is 2.50 bits per heavy atom. The van der Waals surface area contributed by atoms with Gasteiger partial charge in [0.15, 0.2) is 0 Å². The van der Waals surface area contributed by atoms with Crippen molar-refractivity contribution in [3.8, 4) is 0 Å². The van der Waals surface area contributed by atoms with Gasteiger partial charge >= 0.3 is 0 Å². The van der Waals surface area contributed by atoms with Crippen molar-refractivity contribution in [3.05, 3.63) is 28.2 Å². The quantitative estimate of drug-likeness (QED) is 0.837. The van der Waals surface area contributed by atoms with Crippen LogP contribution in [0.2, 0.25) is 0 Å². The number of likely N-dealkylation sites (tertiary alicyclic amines) is 2. The molecule has 1 atom stereocenters. The van der Waals surface area contributed by atoms with E-state index in [1.165, 1.54) is 0 Å². The van der Waals surface area contributed by atoms with Crippen LogP contribution in [0.25, 0.3) is 0 Å². The predicted molar refractivity (Wildman–Crippen MR) is 108 cm³/mol. The number of piperidine rings is 1. The Kier molecular flexibility index (Phi) is 5.96. The first kappa shape index (κ1) is 21.0. The van der Waals surface area contributed by atoms with E-state index in [2.05, 4.69) is 30.8 Å². The molecule has 0 bridgehead atoms. The maximum atomic E-state index is 12.2. The van der Waals surface area contributed by atoms with Crippen LogP contribution in [-0.2, 0) is 16.8 Å². The molecule has 2 aliphatic heterocycles. The molecule has 0 saturated carbocycles. The van der Waals surface area contributed by atoms with E-state index < -0.39 is 5.60 Å². The largest absolute Gasteiger partial charge is 0.387 e. The molecule has 1 aromatic heterocycles. The molecule has 2 saturated heterocycles. The summed E-state index contributed by atoms with van der Waals surface area (Å²) in [5, 5.41) is 15.4. The van der Waals surface area contributed by atoms with E-state index in [1.807, 2.05) is 6.07 Å². The van der Waals surface area contributed by atoms with Crippen LogP contribution in [-0.4, -0.2) is 68.9 Å². The molecule has 1 unspecified atom stereocenters. The summed E-state index contributed by atoms with van der Waals surface area (Å²) in [7, 11) is 0. The number of nitrogens with zero attached hydrogens (tertiary/aromatic N) is 4. The third-order valence-corrected chi connectivity index (χ3v) is 6.07. The molecule has 1 amide bonds. The van der Waals surface area contributed by atoms with Crippen LogP contribution >= 0.6 is 0 Å². The summed E-state index contributed by atoms with van der Waals surface area (Å²) >= 11 is 0. The minimum atomic E-state index is -0.794. The van der Waals surface area contributed by atoms with Gasteiger partial charge in [0.2, 0.25) is 5.91 Å². The minimum Gasteiger partial charge on any atom is -0.387 e. The summed E-state index contributed by atoms with van der Waals surface area (Å²) in [6.45, 7) is 12.0. The van der Waals surface area contributed by atoms with Gasteiger partial charge in [-0.25, -0.2) is 4.68 Å². The second kappa shape index (κ2) is 7.95. The molecule has 3 heterocycles. The molecule has 2 aliphatic rings. The zero-order chi connectivity index (χ0) is 20.5. The van der Waals surface area contributed by atoms with Gasteiger partial charge < -0.3 is 14.9 Å². The van der Waals surface area contributed by atoms with Gasteiger partial charge in [0.25, 0.3) is 5.56 Å². The summed E-state index contributed by atoms with van der Waals surface area (Å²) in [5.41, 5.74) is 0.0180. The Bertz CT molecular complexity index is 762. The SMILES string of the molecule is CC(=O)N1CCC(O)(CN2CCC(Cn3nc(C(C)(C)C)ccc3=O)CC2)C1. The van der Waals surface area contributed by atoms with Crippen LogP contribution < -0.4 is 5.56 Å². The molecule has 1 N–H and O–H groups in total. The summed E-state index contributed by atoms with van der Waals surface area (Å²) < 4.78 is 1.62. The van der Waals surface area contributed by atoms with Crippen molar-refractivity contribution in [2.45, 2.75) is 64.5 Å². The number of aliphatic hydroxyl groups is 1. The van der Waals surface area contributed by atoms with Gasteiger partial charge in [-0.3, -0.25) is 9.59 Å². The van der Waals surface area contributed by atoms with E-state index in [1.54, 1.807) is 22.6 Å². The third-order valence-electron chi connectivity index (χ3n) is 6.07. The van der Waals surface area contributed by atoms with Crippen molar-refractivity contribution in [3.63, 3.8) is 0 Å². The monoisotopic (exact) mass is 390 g/mol. The van der Waals surface area contributed by atoms with Crippen molar-refractivity contribution in [2.75, 3.05) is 32.7 Å². The van der Waals surface area contributed by atoms with Gasteiger partial charge in [-0.05, 0) is 44.3 Å². The van der Waals surface area contributed by atoms with Crippen LogP contribution in [0.3, 0.4) is 0 Å². The first-order valence-electron chi connectivity index (χ1n) is 10.3. The second-order valence-electron chi connectivity index (χ2n) is 9.62. The van der Waals surface area contributed by atoms with Gasteiger partial charge in [-0.1, -0.05) is 20.8 Å². The van der Waals surface area contributed by atoms with Gasteiger partial charge in [0.05, 0.1) is 17.8 Å². The van der Waals surface area contributed by atoms with Crippen molar-refractivity contribution < 1.29 is 9.90 Å². The predicted octanol–water partition coefficient (Wildman–Crippen LogP) is 1.24. The standard InChI is InChI=1S/C21H34N4O3/c1-16(26)24-12-9-21(28,15-24)14-23-10-7-17(8-11-23)13-25-19(27)6-5-18(22-25)20(2,3)4/h5-6,17,28H,7-15H2,1-4H3. The summed E-state index contributed by atoms with van der Waals surface area (Å²) in [4.78, 5) is 27.8.